The molecule has 0 radical (unpaired) electrons. The van der Waals surface area contributed by atoms with Gasteiger partial charge in [-0.25, -0.2) is 12.8 Å². The van der Waals surface area contributed by atoms with Gasteiger partial charge in [0.15, 0.2) is 0 Å². The molecule has 0 N–H and O–H groups in total. The lowest BCUT2D eigenvalue weighted by Gasteiger charge is -2.25. The van der Waals surface area contributed by atoms with Gasteiger partial charge in [0.1, 0.15) is 11.6 Å². The van der Waals surface area contributed by atoms with E-state index < -0.39 is 15.8 Å². The molecule has 0 aliphatic carbocycles. The van der Waals surface area contributed by atoms with Crippen molar-refractivity contribution < 1.29 is 17.5 Å². The van der Waals surface area contributed by atoms with E-state index in [9.17, 15) is 12.8 Å². The van der Waals surface area contributed by atoms with Crippen LogP contribution in [-0.2, 0) is 10.0 Å². The van der Waals surface area contributed by atoms with Gasteiger partial charge >= 0.3 is 0 Å². The van der Waals surface area contributed by atoms with E-state index in [4.69, 9.17) is 4.74 Å². The predicted octanol–water partition coefficient (Wildman–Crippen LogP) is 4.03. The van der Waals surface area contributed by atoms with Crippen LogP contribution in [0, 0.1) is 5.82 Å². The standard InChI is InChI=1S/C16H15BrFNO3S2/c1-22-15-7-2-11(17)10-14(15)16-19(8-9-23-16)24(20,21)13-5-3-12(18)4-6-13/h2-7,10,16H,8-9H2,1H3/t16-/m0/s1. The minimum Gasteiger partial charge on any atom is -0.496 e. The molecule has 1 saturated heterocycles. The van der Waals surface area contributed by atoms with Crippen LogP contribution in [0.1, 0.15) is 10.9 Å². The Labute approximate surface area is 153 Å². The van der Waals surface area contributed by atoms with Crippen molar-refractivity contribution in [2.45, 2.75) is 10.3 Å². The third-order valence-corrected chi connectivity index (χ3v) is 7.47. The Morgan fingerprint density at radius 3 is 2.62 bits per heavy atom. The van der Waals surface area contributed by atoms with Crippen LogP contribution in [0.3, 0.4) is 0 Å². The van der Waals surface area contributed by atoms with Gasteiger partial charge in [0.25, 0.3) is 0 Å². The van der Waals surface area contributed by atoms with Crippen molar-refractivity contribution in [3.05, 3.63) is 58.3 Å². The number of hydrogen-bond acceptors (Lipinski definition) is 4. The lowest BCUT2D eigenvalue weighted by molar-refractivity contribution is 0.390. The van der Waals surface area contributed by atoms with E-state index in [0.29, 0.717) is 18.0 Å². The molecule has 2 aromatic rings. The number of sulfonamides is 1. The zero-order chi connectivity index (χ0) is 17.3. The molecule has 1 heterocycles. The van der Waals surface area contributed by atoms with Gasteiger partial charge in [0, 0.05) is 22.3 Å². The molecule has 8 heteroatoms. The van der Waals surface area contributed by atoms with Crippen LogP contribution in [0.4, 0.5) is 4.39 Å². The number of methoxy groups -OCH3 is 1. The molecule has 24 heavy (non-hydrogen) atoms. The predicted molar refractivity (Wildman–Crippen MR) is 96.2 cm³/mol. The Balaban J connectivity index is 2.02. The number of halogens is 2. The Morgan fingerprint density at radius 2 is 1.96 bits per heavy atom. The van der Waals surface area contributed by atoms with Crippen molar-refractivity contribution in [1.82, 2.24) is 4.31 Å². The summed E-state index contributed by atoms with van der Waals surface area (Å²) in [7, 11) is -2.15. The number of nitrogens with zero attached hydrogens (tertiary/aromatic N) is 1. The molecule has 1 fully saturated rings. The van der Waals surface area contributed by atoms with Gasteiger partial charge < -0.3 is 4.74 Å². The molecule has 0 spiro atoms. The van der Waals surface area contributed by atoms with Crippen LogP contribution in [0.5, 0.6) is 5.75 Å². The fourth-order valence-corrected chi connectivity index (χ4v) is 6.21. The molecular weight excluding hydrogens is 417 g/mol. The first-order valence-corrected chi connectivity index (χ1v) is 10.4. The zero-order valence-electron chi connectivity index (χ0n) is 12.8. The minimum absolute atomic E-state index is 0.0883. The molecule has 128 valence electrons. The Morgan fingerprint density at radius 1 is 1.25 bits per heavy atom. The third-order valence-electron chi connectivity index (χ3n) is 3.73. The summed E-state index contributed by atoms with van der Waals surface area (Å²) in [6.45, 7) is 0.394. The first-order valence-electron chi connectivity index (χ1n) is 7.16. The Kier molecular flexibility index (Phi) is 5.19. The van der Waals surface area contributed by atoms with E-state index in [1.54, 1.807) is 13.2 Å². The number of hydrogen-bond donors (Lipinski definition) is 0. The molecule has 3 rings (SSSR count). The molecule has 1 atom stereocenters. The van der Waals surface area contributed by atoms with Crippen LogP contribution >= 0.6 is 27.7 Å². The fourth-order valence-electron chi connectivity index (χ4n) is 2.59. The highest BCUT2D eigenvalue weighted by Gasteiger charge is 2.38. The smallest absolute Gasteiger partial charge is 0.244 e. The lowest BCUT2D eigenvalue weighted by atomic mass is 10.2. The molecule has 0 unspecified atom stereocenters. The van der Waals surface area contributed by atoms with Crippen molar-refractivity contribution in [3.8, 4) is 5.75 Å². The summed E-state index contributed by atoms with van der Waals surface area (Å²) < 4.78 is 46.7. The molecule has 0 aromatic heterocycles. The molecule has 0 bridgehead atoms. The maximum Gasteiger partial charge on any atom is 0.244 e. The van der Waals surface area contributed by atoms with Gasteiger partial charge in [-0.3, -0.25) is 0 Å². The summed E-state index contributed by atoms with van der Waals surface area (Å²) in [5.74, 6) is 0.854. The highest BCUT2D eigenvalue weighted by Crippen LogP contribution is 2.45. The van der Waals surface area contributed by atoms with Crippen LogP contribution in [0.2, 0.25) is 0 Å². The lowest BCUT2D eigenvalue weighted by Crippen LogP contribution is -2.30. The highest BCUT2D eigenvalue weighted by atomic mass is 79.9. The molecule has 1 aliphatic heterocycles. The van der Waals surface area contributed by atoms with Gasteiger partial charge in [-0.15, -0.1) is 11.8 Å². The molecular formula is C16H15BrFNO3S2. The summed E-state index contributed by atoms with van der Waals surface area (Å²) in [6.07, 6.45) is 0. The average Bonchev–Trinajstić information content (AvgIpc) is 3.05. The minimum atomic E-state index is -3.72. The Hall–Kier alpha value is -1.09. The van der Waals surface area contributed by atoms with Gasteiger partial charge in [-0.2, -0.15) is 4.31 Å². The summed E-state index contributed by atoms with van der Waals surface area (Å²) >= 11 is 4.96. The second-order valence-electron chi connectivity index (χ2n) is 5.18. The summed E-state index contributed by atoms with van der Waals surface area (Å²) in [6, 6.07) is 10.4. The highest BCUT2D eigenvalue weighted by molar-refractivity contribution is 9.10. The van der Waals surface area contributed by atoms with Gasteiger partial charge in [-0.1, -0.05) is 15.9 Å². The molecule has 0 amide bonds. The summed E-state index contributed by atoms with van der Waals surface area (Å²) in [4.78, 5) is 0.0883. The number of rotatable bonds is 4. The topological polar surface area (TPSA) is 46.6 Å². The number of thioether (sulfide) groups is 1. The van der Waals surface area contributed by atoms with Gasteiger partial charge in [-0.05, 0) is 42.5 Å². The number of benzene rings is 2. The van der Waals surface area contributed by atoms with E-state index >= 15 is 0 Å². The zero-order valence-corrected chi connectivity index (χ0v) is 16.0. The van der Waals surface area contributed by atoms with E-state index in [1.165, 1.54) is 28.2 Å². The summed E-state index contributed by atoms with van der Waals surface area (Å²) in [5.41, 5.74) is 0.792. The van der Waals surface area contributed by atoms with Crippen molar-refractivity contribution in [2.24, 2.45) is 0 Å². The van der Waals surface area contributed by atoms with Crippen LogP contribution in [0.15, 0.2) is 51.8 Å². The van der Waals surface area contributed by atoms with Crippen molar-refractivity contribution in [1.29, 1.82) is 0 Å². The van der Waals surface area contributed by atoms with Crippen LogP contribution < -0.4 is 4.74 Å². The van der Waals surface area contributed by atoms with E-state index in [-0.39, 0.29) is 10.3 Å². The summed E-state index contributed by atoms with van der Waals surface area (Å²) in [5, 5.41) is -0.382. The van der Waals surface area contributed by atoms with Crippen molar-refractivity contribution >= 4 is 37.7 Å². The van der Waals surface area contributed by atoms with Crippen molar-refractivity contribution in [2.75, 3.05) is 19.4 Å². The monoisotopic (exact) mass is 431 g/mol. The quantitative estimate of drug-likeness (QED) is 0.732. The van der Waals surface area contributed by atoms with E-state index in [1.807, 2.05) is 12.1 Å². The Bertz CT molecular complexity index is 843. The maximum absolute atomic E-state index is 13.1. The van der Waals surface area contributed by atoms with Crippen LogP contribution in [-0.4, -0.2) is 32.1 Å². The van der Waals surface area contributed by atoms with E-state index in [0.717, 1.165) is 22.2 Å². The normalized spacial score (nSPS) is 18.7. The van der Waals surface area contributed by atoms with Gasteiger partial charge in [0.2, 0.25) is 10.0 Å². The van der Waals surface area contributed by atoms with E-state index in [2.05, 4.69) is 15.9 Å². The molecule has 2 aromatic carbocycles. The second kappa shape index (κ2) is 7.03. The van der Waals surface area contributed by atoms with Crippen LogP contribution in [0.25, 0.3) is 0 Å². The third kappa shape index (κ3) is 3.33. The molecule has 4 nitrogen and oxygen atoms in total. The maximum atomic E-state index is 13.1. The molecule has 0 saturated carbocycles. The fraction of sp³-hybridized carbons (Fsp3) is 0.250. The SMILES string of the molecule is COc1ccc(Br)cc1[C@@H]1SCCN1S(=O)(=O)c1ccc(F)cc1. The first kappa shape index (κ1) is 17.7. The van der Waals surface area contributed by atoms with Gasteiger partial charge in [0.05, 0.1) is 17.4 Å². The largest absolute Gasteiger partial charge is 0.496 e. The van der Waals surface area contributed by atoms with Crippen molar-refractivity contribution in [3.63, 3.8) is 0 Å². The number of ether oxygens (including phenoxy) is 1. The average molecular weight is 432 g/mol. The molecule has 1 aliphatic rings. The second-order valence-corrected chi connectivity index (χ2v) is 9.17. The first-order chi connectivity index (χ1) is 11.4.